The van der Waals surface area contributed by atoms with E-state index in [-0.39, 0.29) is 18.2 Å². The summed E-state index contributed by atoms with van der Waals surface area (Å²) in [6, 6.07) is 4.71. The fourth-order valence-corrected chi connectivity index (χ4v) is 2.26. The van der Waals surface area contributed by atoms with Gasteiger partial charge in [0.15, 0.2) is 5.78 Å². The van der Waals surface area contributed by atoms with Gasteiger partial charge in [-0.3, -0.25) is 9.59 Å². The molecule has 0 N–H and O–H groups in total. The molecule has 0 aliphatic carbocycles. The van der Waals surface area contributed by atoms with E-state index < -0.39 is 0 Å². The Bertz CT molecular complexity index is 526. The summed E-state index contributed by atoms with van der Waals surface area (Å²) in [5.74, 6) is -0.226. The Labute approximate surface area is 115 Å². The van der Waals surface area contributed by atoms with Crippen LogP contribution in [0.2, 0.25) is 10.0 Å². The monoisotopic (exact) mass is 283 g/mol. The van der Waals surface area contributed by atoms with Crippen molar-refractivity contribution in [1.82, 2.24) is 4.90 Å². The maximum absolute atomic E-state index is 12.0. The second kappa shape index (κ2) is 5.55. The van der Waals surface area contributed by atoms with Crippen LogP contribution in [-0.2, 0) is 4.79 Å². The highest BCUT2D eigenvalue weighted by Gasteiger charge is 2.19. The number of hydrogen-bond donors (Lipinski definition) is 0. The normalized spacial score (nSPS) is 15.0. The third-order valence-corrected chi connectivity index (χ3v) is 3.25. The number of carbonyl (C=O) groups excluding carboxylic acids is 2. The Morgan fingerprint density at radius 1 is 1.28 bits per heavy atom. The SMILES string of the molecule is O=C(CN1CC=CCC1=O)c1ccc(Cl)cc1Cl. The molecule has 0 unspecified atom stereocenters. The van der Waals surface area contributed by atoms with Crippen molar-refractivity contribution in [2.45, 2.75) is 6.42 Å². The summed E-state index contributed by atoms with van der Waals surface area (Å²) in [5, 5.41) is 0.793. The highest BCUT2D eigenvalue weighted by atomic mass is 35.5. The topological polar surface area (TPSA) is 37.4 Å². The van der Waals surface area contributed by atoms with Gasteiger partial charge in [-0.1, -0.05) is 35.4 Å². The largest absolute Gasteiger partial charge is 0.331 e. The van der Waals surface area contributed by atoms with Crippen molar-refractivity contribution in [2.75, 3.05) is 13.1 Å². The highest BCUT2D eigenvalue weighted by molar-refractivity contribution is 6.36. The predicted molar refractivity (Wildman–Crippen MR) is 71.1 cm³/mol. The first kappa shape index (κ1) is 13.1. The lowest BCUT2D eigenvalue weighted by Crippen LogP contribution is -2.37. The highest BCUT2D eigenvalue weighted by Crippen LogP contribution is 2.21. The molecule has 1 aliphatic heterocycles. The van der Waals surface area contributed by atoms with Crippen molar-refractivity contribution in [3.63, 3.8) is 0 Å². The van der Waals surface area contributed by atoms with Crippen LogP contribution < -0.4 is 0 Å². The number of Topliss-reactive ketones (excluding diaryl/α,β-unsaturated/α-hetero) is 1. The summed E-state index contributed by atoms with van der Waals surface area (Å²) in [6.07, 6.45) is 4.03. The molecule has 0 fully saturated rings. The first-order valence-electron chi connectivity index (χ1n) is 5.49. The van der Waals surface area contributed by atoms with Crippen molar-refractivity contribution >= 4 is 34.9 Å². The molecular formula is C13H11Cl2NO2. The minimum Gasteiger partial charge on any atom is -0.331 e. The van der Waals surface area contributed by atoms with E-state index >= 15 is 0 Å². The molecule has 0 saturated carbocycles. The molecule has 3 nitrogen and oxygen atoms in total. The minimum absolute atomic E-state index is 0.0454. The van der Waals surface area contributed by atoms with E-state index in [1.165, 1.54) is 11.0 Å². The van der Waals surface area contributed by atoms with Crippen molar-refractivity contribution in [1.29, 1.82) is 0 Å². The first-order valence-corrected chi connectivity index (χ1v) is 6.24. The molecule has 0 spiro atoms. The van der Waals surface area contributed by atoms with Crippen LogP contribution in [0, 0.1) is 0 Å². The Kier molecular flexibility index (Phi) is 4.04. The van der Waals surface area contributed by atoms with E-state index in [0.717, 1.165) is 0 Å². The number of rotatable bonds is 3. The van der Waals surface area contributed by atoms with Crippen LogP contribution >= 0.6 is 23.2 Å². The van der Waals surface area contributed by atoms with Gasteiger partial charge in [0.05, 0.1) is 11.6 Å². The van der Waals surface area contributed by atoms with E-state index in [2.05, 4.69) is 0 Å². The third kappa shape index (κ3) is 2.92. The Morgan fingerprint density at radius 3 is 2.72 bits per heavy atom. The van der Waals surface area contributed by atoms with Gasteiger partial charge >= 0.3 is 0 Å². The number of amides is 1. The number of ketones is 1. The minimum atomic E-state index is -0.180. The average molecular weight is 284 g/mol. The summed E-state index contributed by atoms with van der Waals surface area (Å²) in [4.78, 5) is 25.1. The molecule has 1 amide bonds. The molecule has 0 radical (unpaired) electrons. The van der Waals surface area contributed by atoms with Crippen molar-refractivity contribution in [2.24, 2.45) is 0 Å². The van der Waals surface area contributed by atoms with Crippen LogP contribution in [0.4, 0.5) is 0 Å². The molecule has 94 valence electrons. The van der Waals surface area contributed by atoms with Gasteiger partial charge in [-0.05, 0) is 18.2 Å². The fraction of sp³-hybridized carbons (Fsp3) is 0.231. The zero-order chi connectivity index (χ0) is 13.1. The fourth-order valence-electron chi connectivity index (χ4n) is 1.74. The Hall–Kier alpha value is -1.32. The molecule has 0 atom stereocenters. The van der Waals surface area contributed by atoms with Crippen LogP contribution in [0.25, 0.3) is 0 Å². The van der Waals surface area contributed by atoms with E-state index in [0.29, 0.717) is 28.6 Å². The van der Waals surface area contributed by atoms with E-state index in [1.54, 1.807) is 18.2 Å². The molecule has 18 heavy (non-hydrogen) atoms. The van der Waals surface area contributed by atoms with Gasteiger partial charge in [0.1, 0.15) is 0 Å². The smallest absolute Gasteiger partial charge is 0.227 e. The molecule has 1 aromatic rings. The number of benzene rings is 1. The van der Waals surface area contributed by atoms with Gasteiger partial charge in [-0.15, -0.1) is 0 Å². The Morgan fingerprint density at radius 2 is 2.06 bits per heavy atom. The molecule has 2 rings (SSSR count). The second-order valence-electron chi connectivity index (χ2n) is 4.00. The van der Waals surface area contributed by atoms with Crippen LogP contribution in [0.1, 0.15) is 16.8 Å². The molecule has 1 aliphatic rings. The number of hydrogen-bond acceptors (Lipinski definition) is 2. The number of carbonyl (C=O) groups is 2. The first-order chi connectivity index (χ1) is 8.58. The Balaban J connectivity index is 2.12. The standard InChI is InChI=1S/C13H11Cl2NO2/c14-9-4-5-10(11(15)7-9)12(17)8-16-6-2-1-3-13(16)18/h1-2,4-5,7H,3,6,8H2. The van der Waals surface area contributed by atoms with Crippen LogP contribution in [-0.4, -0.2) is 29.7 Å². The van der Waals surface area contributed by atoms with E-state index in [1.807, 2.05) is 6.08 Å². The predicted octanol–water partition coefficient (Wildman–Crippen LogP) is 2.96. The summed E-state index contributed by atoms with van der Waals surface area (Å²) in [5.41, 5.74) is 0.392. The number of halogens is 2. The average Bonchev–Trinajstić information content (AvgIpc) is 2.32. The summed E-state index contributed by atoms with van der Waals surface area (Å²) in [6.45, 7) is 0.514. The summed E-state index contributed by atoms with van der Waals surface area (Å²) in [7, 11) is 0. The second-order valence-corrected chi connectivity index (χ2v) is 4.84. The van der Waals surface area contributed by atoms with Gasteiger partial charge in [0, 0.05) is 23.6 Å². The molecule has 5 heteroatoms. The van der Waals surface area contributed by atoms with Crippen molar-refractivity contribution in [3.05, 3.63) is 46.0 Å². The lowest BCUT2D eigenvalue weighted by molar-refractivity contribution is -0.129. The maximum atomic E-state index is 12.0. The molecule has 1 heterocycles. The van der Waals surface area contributed by atoms with Gasteiger partial charge in [0.25, 0.3) is 0 Å². The van der Waals surface area contributed by atoms with Gasteiger partial charge < -0.3 is 4.90 Å². The van der Waals surface area contributed by atoms with Crippen LogP contribution in [0.5, 0.6) is 0 Å². The van der Waals surface area contributed by atoms with E-state index in [9.17, 15) is 9.59 Å². The molecule has 0 saturated heterocycles. The van der Waals surface area contributed by atoms with Crippen molar-refractivity contribution in [3.8, 4) is 0 Å². The number of nitrogens with zero attached hydrogens (tertiary/aromatic N) is 1. The third-order valence-electron chi connectivity index (χ3n) is 2.70. The van der Waals surface area contributed by atoms with Crippen LogP contribution in [0.15, 0.2) is 30.4 Å². The zero-order valence-electron chi connectivity index (χ0n) is 9.53. The van der Waals surface area contributed by atoms with Gasteiger partial charge in [0.2, 0.25) is 5.91 Å². The zero-order valence-corrected chi connectivity index (χ0v) is 11.0. The van der Waals surface area contributed by atoms with Crippen molar-refractivity contribution < 1.29 is 9.59 Å². The lowest BCUT2D eigenvalue weighted by atomic mass is 10.1. The molecule has 0 bridgehead atoms. The summed E-state index contributed by atoms with van der Waals surface area (Å²) >= 11 is 11.7. The van der Waals surface area contributed by atoms with E-state index in [4.69, 9.17) is 23.2 Å². The van der Waals surface area contributed by atoms with Gasteiger partial charge in [-0.25, -0.2) is 0 Å². The quantitative estimate of drug-likeness (QED) is 0.632. The van der Waals surface area contributed by atoms with Crippen LogP contribution in [0.3, 0.4) is 0 Å². The summed E-state index contributed by atoms with van der Waals surface area (Å²) < 4.78 is 0. The molecular weight excluding hydrogens is 273 g/mol. The van der Waals surface area contributed by atoms with Gasteiger partial charge in [-0.2, -0.15) is 0 Å². The molecule has 1 aromatic carbocycles. The molecule has 0 aromatic heterocycles. The lowest BCUT2D eigenvalue weighted by Gasteiger charge is -2.22. The maximum Gasteiger partial charge on any atom is 0.227 e.